The van der Waals surface area contributed by atoms with Crippen LogP contribution in [-0.4, -0.2) is 36.1 Å². The standard InChI is InChI=1S/C22H18FN5O3/c23-16-7-5-14(6-8-16)20-26-21(31-27-20)19-9-17-18(25-12-24-17)11-28(19)10-13-1-3-15(4-2-13)22(29)30/h1-8,12,19H,9-11H2,(H,24,25)(H,29,30)/t19-/m0/s1. The summed E-state index contributed by atoms with van der Waals surface area (Å²) in [6, 6.07) is 12.5. The molecule has 2 aromatic carbocycles. The Bertz CT molecular complexity index is 1220. The summed E-state index contributed by atoms with van der Waals surface area (Å²) >= 11 is 0. The van der Waals surface area contributed by atoms with E-state index in [0.29, 0.717) is 36.8 Å². The van der Waals surface area contributed by atoms with Gasteiger partial charge in [0.25, 0.3) is 0 Å². The number of aromatic nitrogens is 4. The molecule has 156 valence electrons. The van der Waals surface area contributed by atoms with Crippen molar-refractivity contribution in [2.24, 2.45) is 0 Å². The van der Waals surface area contributed by atoms with Crippen LogP contribution in [0, 0.1) is 5.82 Å². The molecule has 4 aromatic rings. The number of aromatic amines is 1. The van der Waals surface area contributed by atoms with Crippen molar-refractivity contribution in [3.05, 3.63) is 89.1 Å². The summed E-state index contributed by atoms with van der Waals surface area (Å²) in [6.45, 7) is 1.17. The van der Waals surface area contributed by atoms with Gasteiger partial charge < -0.3 is 14.6 Å². The van der Waals surface area contributed by atoms with Crippen molar-refractivity contribution in [2.45, 2.75) is 25.6 Å². The Kier molecular flexibility index (Phi) is 4.79. The average molecular weight is 419 g/mol. The Morgan fingerprint density at radius 2 is 1.97 bits per heavy atom. The van der Waals surface area contributed by atoms with Crippen LogP contribution < -0.4 is 0 Å². The van der Waals surface area contributed by atoms with Crippen molar-refractivity contribution in [1.29, 1.82) is 0 Å². The predicted molar refractivity (Wildman–Crippen MR) is 107 cm³/mol. The van der Waals surface area contributed by atoms with E-state index in [0.717, 1.165) is 17.0 Å². The summed E-state index contributed by atoms with van der Waals surface area (Å²) in [4.78, 5) is 25.4. The number of hydrogen-bond acceptors (Lipinski definition) is 6. The number of fused-ring (bicyclic) bond motifs is 1. The number of carboxylic acids is 1. The van der Waals surface area contributed by atoms with E-state index in [-0.39, 0.29) is 17.4 Å². The molecule has 1 aliphatic rings. The fourth-order valence-electron chi connectivity index (χ4n) is 3.77. The summed E-state index contributed by atoms with van der Waals surface area (Å²) in [6.07, 6.45) is 2.27. The molecule has 0 unspecified atom stereocenters. The molecule has 0 aliphatic carbocycles. The molecule has 0 bridgehead atoms. The highest BCUT2D eigenvalue weighted by Crippen LogP contribution is 2.33. The van der Waals surface area contributed by atoms with Gasteiger partial charge >= 0.3 is 5.97 Å². The van der Waals surface area contributed by atoms with E-state index in [4.69, 9.17) is 9.63 Å². The Morgan fingerprint density at radius 1 is 1.19 bits per heavy atom. The minimum Gasteiger partial charge on any atom is -0.478 e. The maximum atomic E-state index is 13.2. The largest absolute Gasteiger partial charge is 0.478 e. The highest BCUT2D eigenvalue weighted by molar-refractivity contribution is 5.87. The minimum absolute atomic E-state index is 0.198. The molecule has 2 aromatic heterocycles. The van der Waals surface area contributed by atoms with Crippen molar-refractivity contribution in [1.82, 2.24) is 25.0 Å². The van der Waals surface area contributed by atoms with E-state index in [2.05, 4.69) is 25.0 Å². The van der Waals surface area contributed by atoms with Gasteiger partial charge in [0.1, 0.15) is 5.82 Å². The first-order chi connectivity index (χ1) is 15.1. The first-order valence-corrected chi connectivity index (χ1v) is 9.74. The van der Waals surface area contributed by atoms with E-state index in [9.17, 15) is 9.18 Å². The van der Waals surface area contributed by atoms with Gasteiger partial charge in [0.15, 0.2) is 0 Å². The molecule has 31 heavy (non-hydrogen) atoms. The molecule has 5 rings (SSSR count). The molecule has 8 nitrogen and oxygen atoms in total. The second kappa shape index (κ2) is 7.77. The molecule has 0 fully saturated rings. The topological polar surface area (TPSA) is 108 Å². The van der Waals surface area contributed by atoms with E-state index in [1.54, 1.807) is 42.7 Å². The van der Waals surface area contributed by atoms with E-state index >= 15 is 0 Å². The van der Waals surface area contributed by atoms with E-state index < -0.39 is 5.97 Å². The molecule has 0 amide bonds. The van der Waals surface area contributed by atoms with Gasteiger partial charge in [-0.3, -0.25) is 4.90 Å². The number of nitrogens with zero attached hydrogens (tertiary/aromatic N) is 4. The van der Waals surface area contributed by atoms with Crippen molar-refractivity contribution in [3.63, 3.8) is 0 Å². The number of halogens is 1. The van der Waals surface area contributed by atoms with Crippen LogP contribution in [-0.2, 0) is 19.5 Å². The molecule has 1 atom stereocenters. The summed E-state index contributed by atoms with van der Waals surface area (Å²) in [5.41, 5.74) is 3.86. The van der Waals surface area contributed by atoms with E-state index in [1.807, 2.05) is 0 Å². The van der Waals surface area contributed by atoms with Crippen LogP contribution in [0.5, 0.6) is 0 Å². The van der Waals surface area contributed by atoms with Crippen LogP contribution >= 0.6 is 0 Å². The molecule has 9 heteroatoms. The average Bonchev–Trinajstić information content (AvgIpc) is 3.43. The highest BCUT2D eigenvalue weighted by Gasteiger charge is 2.33. The lowest BCUT2D eigenvalue weighted by atomic mass is 10.0. The summed E-state index contributed by atoms with van der Waals surface area (Å²) < 4.78 is 18.8. The zero-order chi connectivity index (χ0) is 21.4. The number of rotatable bonds is 5. The van der Waals surface area contributed by atoms with Gasteiger partial charge in [0, 0.05) is 25.1 Å². The predicted octanol–water partition coefficient (Wildman–Crippen LogP) is 3.60. The third kappa shape index (κ3) is 3.82. The lowest BCUT2D eigenvalue weighted by Gasteiger charge is -2.32. The molecule has 0 saturated carbocycles. The minimum atomic E-state index is -0.955. The maximum Gasteiger partial charge on any atom is 0.335 e. The van der Waals surface area contributed by atoms with Gasteiger partial charge in [-0.25, -0.2) is 14.2 Å². The Morgan fingerprint density at radius 3 is 2.71 bits per heavy atom. The number of carboxylic acid groups (broad SMARTS) is 1. The first kappa shape index (κ1) is 19.1. The fourth-order valence-corrected chi connectivity index (χ4v) is 3.77. The lowest BCUT2D eigenvalue weighted by molar-refractivity contribution is 0.0697. The van der Waals surface area contributed by atoms with Crippen molar-refractivity contribution < 1.29 is 18.8 Å². The van der Waals surface area contributed by atoms with Crippen LogP contribution in [0.2, 0.25) is 0 Å². The fraction of sp³-hybridized carbons (Fsp3) is 0.182. The van der Waals surface area contributed by atoms with Crippen LogP contribution in [0.1, 0.15) is 39.2 Å². The second-order valence-electron chi connectivity index (χ2n) is 7.42. The zero-order valence-corrected chi connectivity index (χ0v) is 16.3. The molecular weight excluding hydrogens is 401 g/mol. The van der Waals surface area contributed by atoms with Gasteiger partial charge in [-0.1, -0.05) is 17.3 Å². The molecule has 0 saturated heterocycles. The molecule has 3 heterocycles. The summed E-state index contributed by atoms with van der Waals surface area (Å²) in [5, 5.41) is 13.2. The van der Waals surface area contributed by atoms with Crippen LogP contribution in [0.3, 0.4) is 0 Å². The van der Waals surface area contributed by atoms with Gasteiger partial charge in [-0.05, 0) is 42.0 Å². The number of imidazole rings is 1. The SMILES string of the molecule is O=C(O)c1ccc(CN2Cc3[nH]cnc3C[C@H]2c2nc(-c3ccc(F)cc3)no2)cc1. The smallest absolute Gasteiger partial charge is 0.335 e. The van der Waals surface area contributed by atoms with Gasteiger partial charge in [-0.2, -0.15) is 4.98 Å². The quantitative estimate of drug-likeness (QED) is 0.509. The molecule has 0 radical (unpaired) electrons. The summed E-state index contributed by atoms with van der Waals surface area (Å²) in [7, 11) is 0. The van der Waals surface area contributed by atoms with Crippen LogP contribution in [0.25, 0.3) is 11.4 Å². The van der Waals surface area contributed by atoms with Gasteiger partial charge in [0.05, 0.1) is 29.3 Å². The molecule has 2 N–H and O–H groups in total. The number of benzene rings is 2. The van der Waals surface area contributed by atoms with Gasteiger partial charge in [0.2, 0.25) is 11.7 Å². The third-order valence-corrected chi connectivity index (χ3v) is 5.41. The first-order valence-electron chi connectivity index (χ1n) is 9.74. The van der Waals surface area contributed by atoms with Crippen molar-refractivity contribution in [2.75, 3.05) is 0 Å². The number of aromatic carboxylic acids is 1. The molecular formula is C22H18FN5O3. The Hall–Kier alpha value is -3.85. The Balaban J connectivity index is 1.43. The lowest BCUT2D eigenvalue weighted by Crippen LogP contribution is -2.34. The number of nitrogens with one attached hydrogen (secondary N) is 1. The molecule has 0 spiro atoms. The second-order valence-corrected chi connectivity index (χ2v) is 7.42. The zero-order valence-electron chi connectivity index (χ0n) is 16.3. The van der Waals surface area contributed by atoms with Crippen molar-refractivity contribution in [3.8, 4) is 11.4 Å². The number of hydrogen-bond donors (Lipinski definition) is 2. The van der Waals surface area contributed by atoms with Gasteiger partial charge in [-0.15, -0.1) is 0 Å². The number of H-pyrrole nitrogens is 1. The normalized spacial score (nSPS) is 16.2. The van der Waals surface area contributed by atoms with Crippen LogP contribution in [0.4, 0.5) is 4.39 Å². The van der Waals surface area contributed by atoms with E-state index in [1.165, 1.54) is 12.1 Å². The monoisotopic (exact) mass is 419 g/mol. The van der Waals surface area contributed by atoms with Crippen LogP contribution in [0.15, 0.2) is 59.4 Å². The maximum absolute atomic E-state index is 13.2. The van der Waals surface area contributed by atoms with Crippen molar-refractivity contribution >= 4 is 5.97 Å². The Labute approximate surface area is 176 Å². The summed E-state index contributed by atoms with van der Waals surface area (Å²) in [5.74, 6) is -0.432. The molecule has 1 aliphatic heterocycles. The number of carbonyl (C=O) groups is 1. The highest BCUT2D eigenvalue weighted by atomic mass is 19.1. The third-order valence-electron chi connectivity index (χ3n) is 5.41.